The molecule has 1 aromatic carbocycles. The molecule has 1 aliphatic rings. The first-order valence-electron chi connectivity index (χ1n) is 10.2. The molecule has 0 saturated heterocycles. The molecule has 2 aromatic rings. The molecule has 0 bridgehead atoms. The molecule has 30 heavy (non-hydrogen) atoms. The second-order valence-electron chi connectivity index (χ2n) is 7.95. The zero-order valence-corrected chi connectivity index (χ0v) is 18.8. The summed E-state index contributed by atoms with van der Waals surface area (Å²) in [6.45, 7) is 5.66. The fourth-order valence-electron chi connectivity index (χ4n) is 3.38. The minimum Gasteiger partial charge on any atom is -0.472 e. The van der Waals surface area contributed by atoms with Crippen molar-refractivity contribution in [3.63, 3.8) is 0 Å². The summed E-state index contributed by atoms with van der Waals surface area (Å²) in [5.74, 6) is 0.889. The Balaban J connectivity index is 1.64. The number of ether oxygens (including phenoxy) is 2. The summed E-state index contributed by atoms with van der Waals surface area (Å²) in [5, 5.41) is 0.719. The van der Waals surface area contributed by atoms with Gasteiger partial charge in [0.1, 0.15) is 12.4 Å². The summed E-state index contributed by atoms with van der Waals surface area (Å²) in [6.07, 6.45) is 6.61. The summed E-state index contributed by atoms with van der Waals surface area (Å²) in [5.41, 5.74) is 2.39. The van der Waals surface area contributed by atoms with Gasteiger partial charge >= 0.3 is 5.97 Å². The van der Waals surface area contributed by atoms with Crippen molar-refractivity contribution in [1.29, 1.82) is 0 Å². The highest BCUT2D eigenvalue weighted by molar-refractivity contribution is 7.27. The molecule has 3 rings (SSSR count). The zero-order valence-electron chi connectivity index (χ0n) is 17.7. The normalized spacial score (nSPS) is 16.3. The van der Waals surface area contributed by atoms with Crippen LogP contribution in [0, 0.1) is 18.7 Å². The molecule has 0 amide bonds. The molecule has 0 aliphatic heterocycles. The van der Waals surface area contributed by atoms with Gasteiger partial charge in [-0.1, -0.05) is 27.4 Å². The van der Waals surface area contributed by atoms with Crippen LogP contribution in [-0.2, 0) is 16.1 Å². The second-order valence-corrected chi connectivity index (χ2v) is 8.57. The van der Waals surface area contributed by atoms with Crippen LogP contribution in [0.2, 0.25) is 0 Å². The number of nitrogens with zero attached hydrogens (tertiary/aromatic N) is 2. The van der Waals surface area contributed by atoms with Crippen molar-refractivity contribution in [3.8, 4) is 5.88 Å². The number of esters is 1. The van der Waals surface area contributed by atoms with E-state index in [1.165, 1.54) is 6.07 Å². The number of carbonyl (C=O) groups excluding carboxylic acids is 1. The average Bonchev–Trinajstić information content (AvgIpc) is 2.68. The molecule has 0 N–H and O–H groups in total. The van der Waals surface area contributed by atoms with E-state index in [9.17, 15) is 9.18 Å². The highest BCUT2D eigenvalue weighted by Gasteiger charge is 2.21. The van der Waals surface area contributed by atoms with Crippen LogP contribution in [0.15, 0.2) is 30.5 Å². The summed E-state index contributed by atoms with van der Waals surface area (Å²) in [4.78, 5) is 20.8. The third-order valence-corrected chi connectivity index (χ3v) is 5.38. The van der Waals surface area contributed by atoms with Crippen LogP contribution in [0.3, 0.4) is 0 Å². The largest absolute Gasteiger partial charge is 0.472 e. The van der Waals surface area contributed by atoms with Crippen molar-refractivity contribution in [2.75, 3.05) is 0 Å². The highest BCUT2D eigenvalue weighted by atomic mass is 31.0. The van der Waals surface area contributed by atoms with Crippen molar-refractivity contribution < 1.29 is 18.7 Å². The fraction of sp³-hybridized carbons (Fsp3) is 0.435. The van der Waals surface area contributed by atoms with Crippen LogP contribution in [0.4, 0.5) is 4.39 Å². The maximum atomic E-state index is 14.1. The average molecular weight is 430 g/mol. The quantitative estimate of drug-likeness (QED) is 0.477. The van der Waals surface area contributed by atoms with Gasteiger partial charge in [0.25, 0.3) is 0 Å². The van der Waals surface area contributed by atoms with Crippen LogP contribution < -0.4 is 10.0 Å². The number of rotatable bonds is 7. The van der Waals surface area contributed by atoms with Gasteiger partial charge in [0.2, 0.25) is 5.88 Å². The lowest BCUT2D eigenvalue weighted by Gasteiger charge is -2.21. The highest BCUT2D eigenvalue weighted by Crippen LogP contribution is 2.31. The van der Waals surface area contributed by atoms with Gasteiger partial charge in [0.15, 0.2) is 5.82 Å². The maximum Gasteiger partial charge on any atom is 0.306 e. The van der Waals surface area contributed by atoms with Crippen LogP contribution in [0.5, 0.6) is 5.88 Å². The second kappa shape index (κ2) is 10.1. The van der Waals surface area contributed by atoms with Crippen LogP contribution in [0.1, 0.15) is 56.5 Å². The summed E-state index contributed by atoms with van der Waals surface area (Å²) in [7, 11) is 2.55. The minimum atomic E-state index is -0.286. The molecular formula is C23H28FN2O3P. The molecule has 0 saturated carbocycles. The van der Waals surface area contributed by atoms with Gasteiger partial charge in [-0.2, -0.15) is 4.98 Å². The van der Waals surface area contributed by atoms with Gasteiger partial charge < -0.3 is 9.47 Å². The smallest absolute Gasteiger partial charge is 0.306 e. The number of aryl methyl sites for hydroxylation is 1. The summed E-state index contributed by atoms with van der Waals surface area (Å²) >= 11 is 0. The van der Waals surface area contributed by atoms with Gasteiger partial charge in [0.05, 0.1) is 6.10 Å². The Morgan fingerprint density at radius 3 is 2.83 bits per heavy atom. The number of benzene rings is 1. The Labute approximate surface area is 179 Å². The van der Waals surface area contributed by atoms with E-state index in [1.54, 1.807) is 12.3 Å². The Bertz CT molecular complexity index is 946. The van der Waals surface area contributed by atoms with Crippen molar-refractivity contribution in [1.82, 2.24) is 9.97 Å². The lowest BCUT2D eigenvalue weighted by Crippen LogP contribution is -2.17. The number of hydrogen-bond acceptors (Lipinski definition) is 5. The number of aromatic nitrogens is 2. The van der Waals surface area contributed by atoms with Gasteiger partial charge in [-0.25, -0.2) is 9.37 Å². The molecule has 1 aromatic heterocycles. The van der Waals surface area contributed by atoms with Crippen molar-refractivity contribution in [2.45, 2.75) is 59.2 Å². The van der Waals surface area contributed by atoms with Crippen LogP contribution in [0.25, 0.3) is 5.57 Å². The molecule has 160 valence electrons. The fourth-order valence-corrected chi connectivity index (χ4v) is 3.61. The molecule has 2 unspecified atom stereocenters. The molecule has 0 radical (unpaired) electrons. The predicted octanol–water partition coefficient (Wildman–Crippen LogP) is 4.53. The molecule has 1 heterocycles. The SMILES string of the molecule is Cc1ccc(COc2nc(C3=CCC(CC(=O)OC(C)C)CC3)ncc2P)c(F)c1. The number of carbonyl (C=O) groups is 1. The summed E-state index contributed by atoms with van der Waals surface area (Å²) in [6, 6.07) is 5.07. The molecule has 7 heteroatoms. The van der Waals surface area contributed by atoms with Gasteiger partial charge in [-0.05, 0) is 63.2 Å². The zero-order chi connectivity index (χ0) is 21.7. The molecule has 5 nitrogen and oxygen atoms in total. The first-order valence-corrected chi connectivity index (χ1v) is 10.8. The first kappa shape index (κ1) is 22.4. The van der Waals surface area contributed by atoms with Crippen LogP contribution in [-0.4, -0.2) is 22.0 Å². The Kier molecular flexibility index (Phi) is 7.54. The standard InChI is InChI=1S/C23H28FN2O3P/c1-14(2)29-21(27)11-16-5-8-17(9-6-16)22-25-12-20(30)23(26-22)28-13-18-7-4-15(3)10-19(18)24/h4,7-8,10,12,14,16H,5-6,9,11,13,30H2,1-3H3. The lowest BCUT2D eigenvalue weighted by molar-refractivity contribution is -0.148. The summed E-state index contributed by atoms with van der Waals surface area (Å²) < 4.78 is 25.1. The van der Waals surface area contributed by atoms with E-state index in [0.717, 1.165) is 35.7 Å². The Morgan fingerprint density at radius 1 is 1.37 bits per heavy atom. The lowest BCUT2D eigenvalue weighted by atomic mass is 9.87. The molecular weight excluding hydrogens is 402 g/mol. The Morgan fingerprint density at radius 2 is 2.17 bits per heavy atom. The minimum absolute atomic E-state index is 0.0853. The van der Waals surface area contributed by atoms with Crippen molar-refractivity contribution in [2.24, 2.45) is 5.92 Å². The predicted molar refractivity (Wildman–Crippen MR) is 118 cm³/mol. The third kappa shape index (κ3) is 6.09. The molecule has 1 aliphatic carbocycles. The van der Waals surface area contributed by atoms with Gasteiger partial charge in [0, 0.05) is 23.5 Å². The van der Waals surface area contributed by atoms with Crippen LogP contribution >= 0.6 is 9.24 Å². The number of halogens is 1. The number of hydrogen-bond donors (Lipinski definition) is 0. The molecule has 2 atom stereocenters. The Hall–Kier alpha value is -2.33. The third-order valence-electron chi connectivity index (χ3n) is 4.98. The number of allylic oxidation sites excluding steroid dienone is 2. The van der Waals surface area contributed by atoms with E-state index in [2.05, 4.69) is 25.3 Å². The van der Waals surface area contributed by atoms with E-state index in [-0.39, 0.29) is 30.4 Å². The van der Waals surface area contributed by atoms with E-state index >= 15 is 0 Å². The molecule has 0 fully saturated rings. The van der Waals surface area contributed by atoms with E-state index in [4.69, 9.17) is 9.47 Å². The maximum absolute atomic E-state index is 14.1. The first-order chi connectivity index (χ1) is 14.3. The van der Waals surface area contributed by atoms with Crippen molar-refractivity contribution >= 4 is 26.1 Å². The van der Waals surface area contributed by atoms with Crippen molar-refractivity contribution in [3.05, 3.63) is 53.2 Å². The van der Waals surface area contributed by atoms with Gasteiger partial charge in [-0.3, -0.25) is 4.79 Å². The van der Waals surface area contributed by atoms with E-state index in [0.29, 0.717) is 23.7 Å². The van der Waals surface area contributed by atoms with Gasteiger partial charge in [-0.15, -0.1) is 0 Å². The van der Waals surface area contributed by atoms with E-state index < -0.39 is 0 Å². The molecule has 0 spiro atoms. The van der Waals surface area contributed by atoms with E-state index in [1.807, 2.05) is 26.8 Å². The topological polar surface area (TPSA) is 61.3 Å². The monoisotopic (exact) mass is 430 g/mol.